The number of hydrogen-bond acceptors (Lipinski definition) is 4. The van der Waals surface area contributed by atoms with Gasteiger partial charge in [-0.25, -0.2) is 12.8 Å². The van der Waals surface area contributed by atoms with E-state index >= 15 is 0 Å². The normalized spacial score (nSPS) is 24.1. The molecule has 0 N–H and O–H groups in total. The van der Waals surface area contributed by atoms with Crippen LogP contribution in [0.25, 0.3) is 0 Å². The summed E-state index contributed by atoms with van der Waals surface area (Å²) < 4.78 is 37.8. The standard InChI is InChI=1S/C20H18ClFN2O3S2/c1-12-3-2-4-13(7-12)8-19(25)23-20-24(14-5-6-16(22)15(21)9-14)17-10-29(26,27)11-18(17)28-20/h2-7,9,17-18H,8,10-11H2,1H3/t17-,18-/m1/s1. The molecule has 2 saturated heterocycles. The average molecular weight is 453 g/mol. The lowest BCUT2D eigenvalue weighted by Gasteiger charge is -2.24. The quantitative estimate of drug-likeness (QED) is 0.711. The van der Waals surface area contributed by atoms with Crippen molar-refractivity contribution in [2.24, 2.45) is 4.99 Å². The van der Waals surface area contributed by atoms with Gasteiger partial charge in [-0.15, -0.1) is 0 Å². The van der Waals surface area contributed by atoms with Gasteiger partial charge in [0.05, 0.1) is 29.0 Å². The topological polar surface area (TPSA) is 66.8 Å². The van der Waals surface area contributed by atoms with Crippen molar-refractivity contribution in [2.75, 3.05) is 16.4 Å². The van der Waals surface area contributed by atoms with Gasteiger partial charge in [0.15, 0.2) is 15.0 Å². The van der Waals surface area contributed by atoms with Gasteiger partial charge in [-0.1, -0.05) is 53.2 Å². The van der Waals surface area contributed by atoms with Crippen LogP contribution in [0.5, 0.6) is 0 Å². The molecular weight excluding hydrogens is 435 g/mol. The van der Waals surface area contributed by atoms with E-state index in [9.17, 15) is 17.6 Å². The van der Waals surface area contributed by atoms with E-state index < -0.39 is 15.7 Å². The fourth-order valence-corrected chi connectivity index (χ4v) is 7.75. The highest BCUT2D eigenvalue weighted by Crippen LogP contribution is 2.41. The summed E-state index contributed by atoms with van der Waals surface area (Å²) in [5.41, 5.74) is 2.44. The molecule has 0 spiro atoms. The Morgan fingerprint density at radius 1 is 1.28 bits per heavy atom. The zero-order chi connectivity index (χ0) is 20.8. The molecule has 2 aromatic rings. The summed E-state index contributed by atoms with van der Waals surface area (Å²) in [6.07, 6.45) is 0.150. The molecule has 5 nitrogen and oxygen atoms in total. The fourth-order valence-electron chi connectivity index (χ4n) is 3.64. The molecule has 0 aliphatic carbocycles. The lowest BCUT2D eigenvalue weighted by molar-refractivity contribution is -0.117. The molecule has 2 aliphatic rings. The van der Waals surface area contributed by atoms with E-state index in [4.69, 9.17) is 11.6 Å². The van der Waals surface area contributed by atoms with Gasteiger partial charge in [0.25, 0.3) is 5.91 Å². The summed E-state index contributed by atoms with van der Waals surface area (Å²) in [6, 6.07) is 11.5. The van der Waals surface area contributed by atoms with Crippen LogP contribution in [0.3, 0.4) is 0 Å². The van der Waals surface area contributed by atoms with Crippen LogP contribution in [-0.4, -0.2) is 42.3 Å². The van der Waals surface area contributed by atoms with Crippen molar-refractivity contribution in [1.29, 1.82) is 0 Å². The van der Waals surface area contributed by atoms with Crippen LogP contribution in [0.2, 0.25) is 5.02 Å². The number of thioether (sulfide) groups is 1. The van der Waals surface area contributed by atoms with E-state index in [2.05, 4.69) is 4.99 Å². The largest absolute Gasteiger partial charge is 0.316 e. The summed E-state index contributed by atoms with van der Waals surface area (Å²) in [7, 11) is -3.18. The van der Waals surface area contributed by atoms with E-state index in [0.29, 0.717) is 10.9 Å². The van der Waals surface area contributed by atoms with Crippen LogP contribution in [0.4, 0.5) is 10.1 Å². The first-order valence-electron chi connectivity index (χ1n) is 9.00. The van der Waals surface area contributed by atoms with Crippen LogP contribution >= 0.6 is 23.4 Å². The van der Waals surface area contributed by atoms with Crippen molar-refractivity contribution < 1.29 is 17.6 Å². The van der Waals surface area contributed by atoms with Gasteiger partial charge in [-0.05, 0) is 30.7 Å². The molecule has 0 radical (unpaired) electrons. The lowest BCUT2D eigenvalue weighted by Crippen LogP contribution is -2.37. The molecule has 0 bridgehead atoms. The number of halogens is 2. The second kappa shape index (κ2) is 7.74. The molecule has 29 heavy (non-hydrogen) atoms. The maximum absolute atomic E-state index is 13.6. The Balaban J connectivity index is 1.66. The minimum atomic E-state index is -3.18. The van der Waals surface area contributed by atoms with Crippen molar-refractivity contribution in [1.82, 2.24) is 0 Å². The number of carbonyl (C=O) groups is 1. The summed E-state index contributed by atoms with van der Waals surface area (Å²) in [5.74, 6) is -0.894. The lowest BCUT2D eigenvalue weighted by atomic mass is 10.1. The van der Waals surface area contributed by atoms with E-state index in [1.165, 1.54) is 30.0 Å². The van der Waals surface area contributed by atoms with E-state index in [0.717, 1.165) is 11.1 Å². The Morgan fingerprint density at radius 2 is 2.07 bits per heavy atom. The molecule has 2 aliphatic heterocycles. The average Bonchev–Trinajstić information content (AvgIpc) is 3.08. The van der Waals surface area contributed by atoms with E-state index in [1.807, 2.05) is 31.2 Å². The summed E-state index contributed by atoms with van der Waals surface area (Å²) in [6.45, 7) is 1.95. The second-order valence-corrected chi connectivity index (χ2v) is 11.0. The third-order valence-electron chi connectivity index (χ3n) is 4.91. The van der Waals surface area contributed by atoms with Gasteiger partial charge in [0, 0.05) is 10.9 Å². The number of carbonyl (C=O) groups excluding carboxylic acids is 1. The molecule has 0 unspecified atom stereocenters. The van der Waals surface area contributed by atoms with Gasteiger partial charge in [0.2, 0.25) is 0 Å². The number of rotatable bonds is 3. The van der Waals surface area contributed by atoms with Crippen molar-refractivity contribution >= 4 is 50.0 Å². The summed E-state index contributed by atoms with van der Waals surface area (Å²) in [4.78, 5) is 18.6. The number of anilines is 1. The number of aryl methyl sites for hydroxylation is 1. The van der Waals surface area contributed by atoms with E-state index in [1.54, 1.807) is 4.90 Å². The number of nitrogens with zero attached hydrogens (tertiary/aromatic N) is 2. The Hall–Kier alpha value is -1.90. The SMILES string of the molecule is Cc1cccc(CC(=O)N=C2S[C@@H]3CS(=O)(=O)C[C@H]3N2c2ccc(F)c(Cl)c2)c1. The highest BCUT2D eigenvalue weighted by Gasteiger charge is 2.49. The maximum Gasteiger partial charge on any atom is 0.252 e. The molecule has 2 atom stereocenters. The Labute approximate surface area is 177 Å². The molecule has 2 fully saturated rings. The zero-order valence-corrected chi connectivity index (χ0v) is 17.9. The molecule has 0 aromatic heterocycles. The predicted octanol–water partition coefficient (Wildman–Crippen LogP) is 3.63. The van der Waals surface area contributed by atoms with Crippen LogP contribution in [-0.2, 0) is 21.1 Å². The van der Waals surface area contributed by atoms with Crippen LogP contribution in [0, 0.1) is 12.7 Å². The predicted molar refractivity (Wildman–Crippen MR) is 115 cm³/mol. The van der Waals surface area contributed by atoms with Gasteiger partial charge in [-0.2, -0.15) is 4.99 Å². The fraction of sp³-hybridized carbons (Fsp3) is 0.300. The monoisotopic (exact) mass is 452 g/mol. The molecule has 2 heterocycles. The van der Waals surface area contributed by atoms with Gasteiger partial charge in [-0.3, -0.25) is 4.79 Å². The number of amidine groups is 1. The Morgan fingerprint density at radius 3 is 2.79 bits per heavy atom. The minimum Gasteiger partial charge on any atom is -0.316 e. The Kier molecular flexibility index (Phi) is 5.44. The summed E-state index contributed by atoms with van der Waals surface area (Å²) >= 11 is 7.21. The zero-order valence-electron chi connectivity index (χ0n) is 15.5. The third-order valence-corrected chi connectivity index (χ3v) is 8.41. The van der Waals surface area contributed by atoms with Gasteiger partial charge in [0.1, 0.15) is 5.82 Å². The first-order valence-corrected chi connectivity index (χ1v) is 12.1. The molecule has 9 heteroatoms. The molecule has 0 saturated carbocycles. The molecule has 152 valence electrons. The highest BCUT2D eigenvalue weighted by molar-refractivity contribution is 8.16. The molecular formula is C20H18ClFN2O3S2. The number of aliphatic imine (C=N–C) groups is 1. The van der Waals surface area contributed by atoms with Crippen LogP contribution in [0.1, 0.15) is 11.1 Å². The highest BCUT2D eigenvalue weighted by atomic mass is 35.5. The minimum absolute atomic E-state index is 0.0266. The van der Waals surface area contributed by atoms with E-state index in [-0.39, 0.29) is 40.1 Å². The van der Waals surface area contributed by atoms with Crippen LogP contribution < -0.4 is 4.90 Å². The first-order chi connectivity index (χ1) is 13.7. The number of hydrogen-bond donors (Lipinski definition) is 0. The van der Waals surface area contributed by atoms with Gasteiger partial charge < -0.3 is 4.90 Å². The van der Waals surface area contributed by atoms with Crippen LogP contribution in [0.15, 0.2) is 47.5 Å². The molecule has 4 rings (SSSR count). The number of benzene rings is 2. The smallest absolute Gasteiger partial charge is 0.252 e. The molecule has 2 aromatic carbocycles. The maximum atomic E-state index is 13.6. The third kappa shape index (κ3) is 4.34. The first kappa shape index (κ1) is 20.4. The molecule has 1 amide bonds. The summed E-state index contributed by atoms with van der Waals surface area (Å²) in [5, 5.41) is 0.131. The van der Waals surface area contributed by atoms with Crippen molar-refractivity contribution in [3.63, 3.8) is 0 Å². The van der Waals surface area contributed by atoms with Crippen molar-refractivity contribution in [3.05, 3.63) is 64.4 Å². The van der Waals surface area contributed by atoms with Gasteiger partial charge >= 0.3 is 0 Å². The number of amides is 1. The number of fused-ring (bicyclic) bond motifs is 1. The van der Waals surface area contributed by atoms with Crippen molar-refractivity contribution in [2.45, 2.75) is 24.6 Å². The van der Waals surface area contributed by atoms with Crippen molar-refractivity contribution in [3.8, 4) is 0 Å². The Bertz CT molecular complexity index is 1120. The number of sulfone groups is 1. The second-order valence-electron chi connectivity index (χ2n) is 7.22.